The summed E-state index contributed by atoms with van der Waals surface area (Å²) in [6, 6.07) is 14.3. The first kappa shape index (κ1) is 22.6. The Labute approximate surface area is 203 Å². The first-order valence-corrected chi connectivity index (χ1v) is 12.5. The second kappa shape index (κ2) is 9.95. The van der Waals surface area contributed by atoms with Crippen LogP contribution in [0.15, 0.2) is 58.5 Å². The van der Waals surface area contributed by atoms with E-state index in [1.807, 2.05) is 42.1 Å². The number of aromatic nitrogens is 3. The average Bonchev–Trinajstić information content (AvgIpc) is 3.60. The van der Waals surface area contributed by atoms with Crippen LogP contribution in [0.1, 0.15) is 38.9 Å². The molecule has 0 unspecified atom stereocenters. The van der Waals surface area contributed by atoms with Gasteiger partial charge < -0.3 is 14.6 Å². The van der Waals surface area contributed by atoms with Crippen LogP contribution in [-0.4, -0.2) is 45.2 Å². The molecule has 3 heterocycles. The Morgan fingerprint density at radius 3 is 2.91 bits per heavy atom. The van der Waals surface area contributed by atoms with E-state index >= 15 is 0 Å². The quantitative estimate of drug-likeness (QED) is 0.415. The number of hydrogen-bond donors (Lipinski definition) is 1. The van der Waals surface area contributed by atoms with Crippen molar-refractivity contribution in [2.75, 3.05) is 13.6 Å². The van der Waals surface area contributed by atoms with Gasteiger partial charge in [0.15, 0.2) is 5.69 Å². The van der Waals surface area contributed by atoms with E-state index in [9.17, 15) is 4.79 Å². The predicted molar refractivity (Wildman–Crippen MR) is 133 cm³/mol. The van der Waals surface area contributed by atoms with Gasteiger partial charge in [-0.2, -0.15) is 5.10 Å². The Morgan fingerprint density at radius 2 is 2.12 bits per heavy atom. The molecule has 3 aromatic heterocycles. The topological polar surface area (TPSA) is 76.2 Å². The van der Waals surface area contributed by atoms with Crippen molar-refractivity contribution in [2.24, 2.45) is 7.05 Å². The van der Waals surface area contributed by atoms with Gasteiger partial charge in [-0.1, -0.05) is 30.3 Å². The van der Waals surface area contributed by atoms with Crippen LogP contribution in [0, 0.1) is 0 Å². The van der Waals surface area contributed by atoms with E-state index in [1.165, 1.54) is 5.69 Å². The molecule has 1 atom stereocenters. The molecule has 1 N–H and O–H groups in total. The monoisotopic (exact) mass is 475 g/mol. The number of carbonyl (C=O) groups is 1. The lowest BCUT2D eigenvalue weighted by Gasteiger charge is -2.24. The molecule has 0 saturated carbocycles. The third kappa shape index (κ3) is 4.83. The summed E-state index contributed by atoms with van der Waals surface area (Å²) in [5.41, 5.74) is 5.00. The summed E-state index contributed by atoms with van der Waals surface area (Å²) < 4.78 is 7.27. The highest BCUT2D eigenvalue weighted by atomic mass is 32.1. The minimum absolute atomic E-state index is 0.0647. The maximum absolute atomic E-state index is 13.2. The van der Waals surface area contributed by atoms with Crippen molar-refractivity contribution < 1.29 is 9.21 Å². The van der Waals surface area contributed by atoms with Crippen LogP contribution >= 0.6 is 11.3 Å². The molecule has 0 radical (unpaired) electrons. The van der Waals surface area contributed by atoms with Crippen LogP contribution in [0.4, 0.5) is 0 Å². The lowest BCUT2D eigenvalue weighted by Crippen LogP contribution is -2.37. The Balaban J connectivity index is 1.19. The fourth-order valence-corrected chi connectivity index (χ4v) is 5.38. The van der Waals surface area contributed by atoms with Crippen LogP contribution in [-0.2, 0) is 32.9 Å². The fourth-order valence-electron chi connectivity index (χ4n) is 4.57. The summed E-state index contributed by atoms with van der Waals surface area (Å²) in [7, 11) is 3.73. The van der Waals surface area contributed by atoms with Crippen molar-refractivity contribution in [3.8, 4) is 11.3 Å². The minimum Gasteiger partial charge on any atom is -0.467 e. The van der Waals surface area contributed by atoms with Gasteiger partial charge in [0.1, 0.15) is 5.76 Å². The smallest absolute Gasteiger partial charge is 0.274 e. The predicted octanol–water partition coefficient (Wildman–Crippen LogP) is 4.10. The SMILES string of the molecule is CN(Cc1ccco1)C(=O)c1nn(C)c2c1C[C@@H](NCCc1nc(-c3ccccc3)cs1)CC2. The molecule has 34 heavy (non-hydrogen) atoms. The Hall–Kier alpha value is -3.23. The molecule has 1 amide bonds. The van der Waals surface area contributed by atoms with Gasteiger partial charge in [-0.3, -0.25) is 9.48 Å². The number of amides is 1. The van der Waals surface area contributed by atoms with Crippen molar-refractivity contribution in [3.63, 3.8) is 0 Å². The van der Waals surface area contributed by atoms with Crippen LogP contribution in [0.25, 0.3) is 11.3 Å². The van der Waals surface area contributed by atoms with Gasteiger partial charge in [0.2, 0.25) is 0 Å². The van der Waals surface area contributed by atoms with Gasteiger partial charge in [-0.05, 0) is 31.4 Å². The Bertz CT molecular complexity index is 1250. The Morgan fingerprint density at radius 1 is 1.26 bits per heavy atom. The normalized spacial score (nSPS) is 15.3. The molecule has 1 aromatic carbocycles. The largest absolute Gasteiger partial charge is 0.467 e. The number of aryl methyl sites for hydroxylation is 1. The van der Waals surface area contributed by atoms with E-state index in [2.05, 4.69) is 27.9 Å². The molecule has 8 heteroatoms. The zero-order valence-electron chi connectivity index (χ0n) is 19.5. The van der Waals surface area contributed by atoms with E-state index in [-0.39, 0.29) is 5.91 Å². The molecule has 1 aliphatic carbocycles. The molecule has 0 spiro atoms. The number of hydrogen-bond acceptors (Lipinski definition) is 6. The fraction of sp³-hybridized carbons (Fsp3) is 0.346. The van der Waals surface area contributed by atoms with Gasteiger partial charge in [-0.15, -0.1) is 11.3 Å². The number of nitrogens with one attached hydrogen (secondary N) is 1. The van der Waals surface area contributed by atoms with Gasteiger partial charge in [0.05, 0.1) is 23.5 Å². The number of fused-ring (bicyclic) bond motifs is 1. The van der Waals surface area contributed by atoms with Gasteiger partial charge in [0, 0.05) is 55.3 Å². The molecular formula is C26H29N5O2S. The number of benzene rings is 1. The minimum atomic E-state index is -0.0647. The summed E-state index contributed by atoms with van der Waals surface area (Å²) in [6.07, 6.45) is 5.29. The third-order valence-corrected chi connectivity index (χ3v) is 7.28. The second-order valence-electron chi connectivity index (χ2n) is 8.77. The van der Waals surface area contributed by atoms with Crippen LogP contribution in [0.2, 0.25) is 0 Å². The summed E-state index contributed by atoms with van der Waals surface area (Å²) in [6.45, 7) is 1.29. The maximum Gasteiger partial charge on any atom is 0.274 e. The average molecular weight is 476 g/mol. The summed E-state index contributed by atoms with van der Waals surface area (Å²) in [4.78, 5) is 19.6. The van der Waals surface area contributed by atoms with Crippen LogP contribution in [0.5, 0.6) is 0 Å². The lowest BCUT2D eigenvalue weighted by molar-refractivity contribution is 0.0767. The number of thiazole rings is 1. The van der Waals surface area contributed by atoms with Crippen molar-refractivity contribution in [2.45, 2.75) is 38.3 Å². The maximum atomic E-state index is 13.2. The second-order valence-corrected chi connectivity index (χ2v) is 9.72. The molecule has 1 aliphatic rings. The number of rotatable bonds is 8. The van der Waals surface area contributed by atoms with E-state index < -0.39 is 0 Å². The first-order chi connectivity index (χ1) is 16.6. The van der Waals surface area contributed by atoms with Crippen molar-refractivity contribution >= 4 is 17.2 Å². The highest BCUT2D eigenvalue weighted by molar-refractivity contribution is 7.09. The summed E-state index contributed by atoms with van der Waals surface area (Å²) in [5.74, 6) is 0.697. The summed E-state index contributed by atoms with van der Waals surface area (Å²) >= 11 is 1.71. The highest BCUT2D eigenvalue weighted by Gasteiger charge is 2.29. The lowest BCUT2D eigenvalue weighted by atomic mass is 9.91. The molecule has 4 aromatic rings. The van der Waals surface area contributed by atoms with Gasteiger partial charge in [0.25, 0.3) is 5.91 Å². The zero-order chi connectivity index (χ0) is 23.5. The van der Waals surface area contributed by atoms with E-state index in [1.54, 1.807) is 29.5 Å². The van der Waals surface area contributed by atoms with Crippen LogP contribution < -0.4 is 5.32 Å². The molecule has 0 saturated heterocycles. The molecule has 0 fully saturated rings. The number of furan rings is 1. The molecular weight excluding hydrogens is 446 g/mol. The summed E-state index contributed by atoms with van der Waals surface area (Å²) in [5, 5.41) is 11.6. The number of carbonyl (C=O) groups excluding carboxylic acids is 1. The van der Waals surface area contributed by atoms with E-state index in [0.717, 1.165) is 59.8 Å². The number of nitrogens with zero attached hydrogens (tertiary/aromatic N) is 4. The molecule has 0 aliphatic heterocycles. The highest BCUT2D eigenvalue weighted by Crippen LogP contribution is 2.26. The van der Waals surface area contributed by atoms with Gasteiger partial charge in [-0.25, -0.2) is 4.98 Å². The molecule has 5 rings (SSSR count). The van der Waals surface area contributed by atoms with Crippen molar-refractivity contribution in [1.82, 2.24) is 25.0 Å². The molecule has 176 valence electrons. The molecule has 7 nitrogen and oxygen atoms in total. The van der Waals surface area contributed by atoms with Gasteiger partial charge >= 0.3 is 0 Å². The van der Waals surface area contributed by atoms with E-state index in [0.29, 0.717) is 18.3 Å². The first-order valence-electron chi connectivity index (χ1n) is 11.6. The standard InChI is InChI=1S/C26H29N5O2S/c1-30(16-20-9-6-14-33-20)26(32)25-21-15-19(10-11-23(21)31(2)29-25)27-13-12-24-28-22(17-34-24)18-7-4-3-5-8-18/h3-9,14,17,19,27H,10-13,15-16H2,1-2H3/t19-/m0/s1. The molecule has 0 bridgehead atoms. The van der Waals surface area contributed by atoms with E-state index in [4.69, 9.17) is 9.40 Å². The zero-order valence-corrected chi connectivity index (χ0v) is 20.3. The van der Waals surface area contributed by atoms with Crippen LogP contribution in [0.3, 0.4) is 0 Å². The third-order valence-electron chi connectivity index (χ3n) is 6.37. The van der Waals surface area contributed by atoms with Crippen molar-refractivity contribution in [3.05, 3.63) is 81.8 Å². The van der Waals surface area contributed by atoms with Crippen molar-refractivity contribution in [1.29, 1.82) is 0 Å². The Kier molecular flexibility index (Phi) is 6.60.